The van der Waals surface area contributed by atoms with E-state index in [-0.39, 0.29) is 12.6 Å². The van der Waals surface area contributed by atoms with Crippen molar-refractivity contribution < 1.29 is 17.9 Å². The van der Waals surface area contributed by atoms with Crippen LogP contribution in [-0.4, -0.2) is 35.2 Å². The van der Waals surface area contributed by atoms with Crippen LogP contribution in [0.25, 0.3) is 0 Å². The number of nitrogens with two attached hydrogens (primary N) is 1. The van der Waals surface area contributed by atoms with Crippen LogP contribution in [0.3, 0.4) is 0 Å². The van der Waals surface area contributed by atoms with Gasteiger partial charge in [0.05, 0.1) is 5.69 Å². The zero-order valence-corrected chi connectivity index (χ0v) is 11.0. The highest BCUT2D eigenvalue weighted by molar-refractivity contribution is 5.09. The molecule has 0 saturated heterocycles. The van der Waals surface area contributed by atoms with Gasteiger partial charge in [0, 0.05) is 31.8 Å². The Morgan fingerprint density at radius 1 is 1.53 bits per heavy atom. The molecule has 1 aromatic heterocycles. The molecule has 0 bridgehead atoms. The van der Waals surface area contributed by atoms with Crippen molar-refractivity contribution in [3.63, 3.8) is 0 Å². The monoisotopic (exact) mass is 280 g/mol. The molecule has 0 amide bonds. The third kappa shape index (κ3) is 6.04. The van der Waals surface area contributed by atoms with E-state index >= 15 is 0 Å². The Morgan fingerprint density at radius 3 is 2.68 bits per heavy atom. The fraction of sp³-hybridized carbons (Fsp3) is 0.727. The van der Waals surface area contributed by atoms with Crippen LogP contribution in [-0.2, 0) is 18.2 Å². The summed E-state index contributed by atoms with van der Waals surface area (Å²) >= 11 is 0. The maximum absolute atomic E-state index is 11.9. The number of hydrazine groups is 1. The summed E-state index contributed by atoms with van der Waals surface area (Å²) in [6.07, 6.45) is -3.30. The first kappa shape index (κ1) is 15.9. The number of hydrogen-bond donors (Lipinski definition) is 2. The van der Waals surface area contributed by atoms with Crippen LogP contribution in [0.4, 0.5) is 13.2 Å². The highest BCUT2D eigenvalue weighted by atomic mass is 19.4. The second kappa shape index (κ2) is 6.88. The van der Waals surface area contributed by atoms with E-state index in [9.17, 15) is 13.2 Å². The topological polar surface area (TPSA) is 65.1 Å². The number of aromatic nitrogens is 2. The maximum atomic E-state index is 11.9. The van der Waals surface area contributed by atoms with Gasteiger partial charge in [-0.1, -0.05) is 0 Å². The number of alkyl halides is 3. The van der Waals surface area contributed by atoms with E-state index in [0.717, 1.165) is 11.4 Å². The quantitative estimate of drug-likeness (QED) is 0.445. The molecule has 1 unspecified atom stereocenters. The number of rotatable bonds is 7. The number of aryl methyl sites for hydroxylation is 2. The number of halogens is 3. The van der Waals surface area contributed by atoms with Crippen LogP contribution in [0.1, 0.15) is 17.8 Å². The molecule has 0 aliphatic heterocycles. The average Bonchev–Trinajstić information content (AvgIpc) is 2.60. The molecule has 5 nitrogen and oxygen atoms in total. The zero-order chi connectivity index (χ0) is 14.5. The highest BCUT2D eigenvalue weighted by Gasteiger charge is 2.27. The van der Waals surface area contributed by atoms with Crippen molar-refractivity contribution in [2.45, 2.75) is 32.0 Å². The van der Waals surface area contributed by atoms with Gasteiger partial charge in [-0.2, -0.15) is 18.3 Å². The van der Waals surface area contributed by atoms with Crippen LogP contribution >= 0.6 is 0 Å². The predicted molar refractivity (Wildman–Crippen MR) is 64.3 cm³/mol. The molecule has 8 heteroatoms. The second-order valence-electron chi connectivity index (χ2n) is 4.42. The molecule has 3 N–H and O–H groups in total. The van der Waals surface area contributed by atoms with Crippen LogP contribution in [0.15, 0.2) is 6.07 Å². The van der Waals surface area contributed by atoms with Crippen molar-refractivity contribution in [3.05, 3.63) is 17.5 Å². The third-order valence-electron chi connectivity index (χ3n) is 2.67. The summed E-state index contributed by atoms with van der Waals surface area (Å²) in [6, 6.07) is 1.77. The maximum Gasteiger partial charge on any atom is 0.411 e. The van der Waals surface area contributed by atoms with Crippen molar-refractivity contribution in [2.24, 2.45) is 12.9 Å². The second-order valence-corrected chi connectivity index (χ2v) is 4.42. The van der Waals surface area contributed by atoms with E-state index < -0.39 is 12.8 Å². The molecule has 0 aromatic carbocycles. The van der Waals surface area contributed by atoms with Gasteiger partial charge >= 0.3 is 6.18 Å². The molecule has 0 saturated carbocycles. The van der Waals surface area contributed by atoms with Crippen molar-refractivity contribution in [1.82, 2.24) is 15.2 Å². The molecule has 1 aromatic rings. The summed E-state index contributed by atoms with van der Waals surface area (Å²) in [6.45, 7) is 0.654. The first-order valence-electron chi connectivity index (χ1n) is 5.92. The largest absolute Gasteiger partial charge is 0.411 e. The van der Waals surface area contributed by atoms with E-state index in [0.29, 0.717) is 12.8 Å². The molecule has 1 atom stereocenters. The van der Waals surface area contributed by atoms with E-state index in [1.54, 1.807) is 4.68 Å². The molecule has 0 radical (unpaired) electrons. The molecule has 110 valence electrons. The fourth-order valence-corrected chi connectivity index (χ4v) is 1.77. The Kier molecular flexibility index (Phi) is 5.77. The van der Waals surface area contributed by atoms with E-state index in [1.807, 2.05) is 20.0 Å². The minimum absolute atomic E-state index is 0.00517. The van der Waals surface area contributed by atoms with Gasteiger partial charge in [0.25, 0.3) is 0 Å². The lowest BCUT2D eigenvalue weighted by Crippen LogP contribution is -2.38. The molecule has 0 aliphatic rings. The van der Waals surface area contributed by atoms with Gasteiger partial charge in [-0.25, -0.2) is 0 Å². The third-order valence-corrected chi connectivity index (χ3v) is 2.67. The Bertz CT molecular complexity index is 392. The van der Waals surface area contributed by atoms with Crippen LogP contribution in [0.2, 0.25) is 0 Å². The summed E-state index contributed by atoms with van der Waals surface area (Å²) in [5.41, 5.74) is 4.44. The Balaban J connectivity index is 2.36. The highest BCUT2D eigenvalue weighted by Crippen LogP contribution is 2.15. The normalized spacial score (nSPS) is 13.8. The SMILES string of the molecule is Cc1cc(CC(CCOCC(F)(F)F)NN)n(C)n1. The summed E-state index contributed by atoms with van der Waals surface area (Å²) in [5.74, 6) is 5.39. The molecular weight excluding hydrogens is 261 g/mol. The molecule has 0 spiro atoms. The molecule has 1 heterocycles. The zero-order valence-electron chi connectivity index (χ0n) is 11.0. The van der Waals surface area contributed by atoms with E-state index in [1.165, 1.54) is 0 Å². The molecule has 0 aliphatic carbocycles. The van der Waals surface area contributed by atoms with Crippen LogP contribution < -0.4 is 11.3 Å². The Hall–Kier alpha value is -1.12. The number of nitrogens with one attached hydrogen (secondary N) is 1. The minimum atomic E-state index is -4.29. The van der Waals surface area contributed by atoms with Gasteiger partial charge in [-0.15, -0.1) is 0 Å². The van der Waals surface area contributed by atoms with E-state index in [2.05, 4.69) is 15.3 Å². The van der Waals surface area contributed by atoms with Crippen LogP contribution in [0.5, 0.6) is 0 Å². The minimum Gasteiger partial charge on any atom is -0.372 e. The van der Waals surface area contributed by atoms with Crippen molar-refractivity contribution >= 4 is 0 Å². The first-order valence-corrected chi connectivity index (χ1v) is 5.92. The molecular formula is C11H19F3N4O. The lowest BCUT2D eigenvalue weighted by molar-refractivity contribution is -0.174. The van der Waals surface area contributed by atoms with Crippen LogP contribution in [0, 0.1) is 6.92 Å². The van der Waals surface area contributed by atoms with E-state index in [4.69, 9.17) is 5.84 Å². The summed E-state index contributed by atoms with van der Waals surface area (Å²) in [4.78, 5) is 0. The van der Waals surface area contributed by atoms with Gasteiger partial charge < -0.3 is 4.74 Å². The number of nitrogens with zero attached hydrogens (tertiary/aromatic N) is 2. The van der Waals surface area contributed by atoms with Gasteiger partial charge in [0.1, 0.15) is 6.61 Å². The Labute approximate surface area is 109 Å². The lowest BCUT2D eigenvalue weighted by atomic mass is 10.1. The first-order chi connectivity index (χ1) is 8.81. The Morgan fingerprint density at radius 2 is 2.21 bits per heavy atom. The van der Waals surface area contributed by atoms with Gasteiger partial charge in [-0.05, 0) is 19.4 Å². The predicted octanol–water partition coefficient (Wildman–Crippen LogP) is 1.07. The van der Waals surface area contributed by atoms with Crippen molar-refractivity contribution in [1.29, 1.82) is 0 Å². The summed E-state index contributed by atoms with van der Waals surface area (Å²) in [5, 5.41) is 4.20. The number of ether oxygens (including phenoxy) is 1. The average molecular weight is 280 g/mol. The molecule has 1 rings (SSSR count). The number of hydrogen-bond acceptors (Lipinski definition) is 4. The fourth-order valence-electron chi connectivity index (χ4n) is 1.77. The molecule has 0 fully saturated rings. The van der Waals surface area contributed by atoms with Gasteiger partial charge in [-0.3, -0.25) is 16.0 Å². The summed E-state index contributed by atoms with van der Waals surface area (Å²) < 4.78 is 42.0. The van der Waals surface area contributed by atoms with Crippen molar-refractivity contribution in [3.8, 4) is 0 Å². The molecule has 19 heavy (non-hydrogen) atoms. The lowest BCUT2D eigenvalue weighted by Gasteiger charge is -2.16. The smallest absolute Gasteiger partial charge is 0.372 e. The standard InChI is InChI=1S/C11H19F3N4O/c1-8-5-10(18(2)17-8)6-9(16-15)3-4-19-7-11(12,13)14/h5,9,16H,3-4,6-7,15H2,1-2H3. The van der Waals surface area contributed by atoms with Gasteiger partial charge in [0.2, 0.25) is 0 Å². The van der Waals surface area contributed by atoms with Gasteiger partial charge in [0.15, 0.2) is 0 Å². The summed E-state index contributed by atoms with van der Waals surface area (Å²) in [7, 11) is 1.82. The van der Waals surface area contributed by atoms with Crippen molar-refractivity contribution in [2.75, 3.05) is 13.2 Å².